The van der Waals surface area contributed by atoms with Gasteiger partial charge in [-0.2, -0.15) is 0 Å². The highest BCUT2D eigenvalue weighted by molar-refractivity contribution is 5.88. The lowest BCUT2D eigenvalue weighted by atomic mass is 10.1. The third-order valence-electron chi connectivity index (χ3n) is 3.96. The standard InChI is InChI=1S/C14H20N6O3/c15-14-19-11-10(12(21)20-14)18-9(6-17-11)5-16-8-3-1-7(2-4-8)13(22)23/h1-4,9-11,14,16-19H,5-6,15H2,(H,20,21)(H,22,23). The number of nitrogens with two attached hydrogens (primary N) is 1. The zero-order valence-corrected chi connectivity index (χ0v) is 12.4. The molecule has 2 heterocycles. The van der Waals surface area contributed by atoms with Crippen LogP contribution < -0.4 is 32.3 Å². The van der Waals surface area contributed by atoms with Crippen LogP contribution in [0.2, 0.25) is 0 Å². The monoisotopic (exact) mass is 320 g/mol. The average molecular weight is 320 g/mol. The molecule has 0 spiro atoms. The largest absolute Gasteiger partial charge is 0.478 e. The summed E-state index contributed by atoms with van der Waals surface area (Å²) >= 11 is 0. The van der Waals surface area contributed by atoms with Gasteiger partial charge in [-0.05, 0) is 24.3 Å². The van der Waals surface area contributed by atoms with Gasteiger partial charge in [-0.15, -0.1) is 0 Å². The highest BCUT2D eigenvalue weighted by Crippen LogP contribution is 2.11. The van der Waals surface area contributed by atoms with E-state index in [2.05, 4.69) is 26.6 Å². The van der Waals surface area contributed by atoms with Crippen LogP contribution in [-0.4, -0.2) is 54.6 Å². The van der Waals surface area contributed by atoms with Crippen molar-refractivity contribution in [2.75, 3.05) is 18.4 Å². The number of fused-ring (bicyclic) bond motifs is 1. The number of carboxylic acids is 1. The van der Waals surface area contributed by atoms with Crippen molar-refractivity contribution < 1.29 is 14.7 Å². The molecule has 2 aliphatic rings. The van der Waals surface area contributed by atoms with Crippen molar-refractivity contribution in [3.63, 3.8) is 0 Å². The van der Waals surface area contributed by atoms with Gasteiger partial charge in [-0.3, -0.25) is 26.5 Å². The van der Waals surface area contributed by atoms with Crippen LogP contribution in [0.25, 0.3) is 0 Å². The van der Waals surface area contributed by atoms with Gasteiger partial charge in [0.1, 0.15) is 12.3 Å². The molecule has 8 N–H and O–H groups in total. The molecule has 0 bridgehead atoms. The molecule has 4 unspecified atom stereocenters. The fourth-order valence-electron chi connectivity index (χ4n) is 2.76. The predicted molar refractivity (Wildman–Crippen MR) is 83.6 cm³/mol. The molecule has 23 heavy (non-hydrogen) atoms. The molecule has 0 saturated carbocycles. The summed E-state index contributed by atoms with van der Waals surface area (Å²) in [5, 5.41) is 24.3. The Morgan fingerprint density at radius 1 is 1.30 bits per heavy atom. The molecule has 0 aliphatic carbocycles. The van der Waals surface area contributed by atoms with Crippen LogP contribution in [0.5, 0.6) is 0 Å². The van der Waals surface area contributed by atoms with Crippen LogP contribution in [0.15, 0.2) is 24.3 Å². The Bertz CT molecular complexity index is 593. The maximum Gasteiger partial charge on any atom is 0.335 e. The van der Waals surface area contributed by atoms with E-state index in [-0.39, 0.29) is 29.7 Å². The maximum atomic E-state index is 12.0. The van der Waals surface area contributed by atoms with Crippen molar-refractivity contribution >= 4 is 17.6 Å². The molecule has 0 aromatic heterocycles. The lowest BCUT2D eigenvalue weighted by molar-refractivity contribution is -0.128. The summed E-state index contributed by atoms with van der Waals surface area (Å²) in [7, 11) is 0. The van der Waals surface area contributed by atoms with Crippen LogP contribution in [0, 0.1) is 0 Å². The molecular weight excluding hydrogens is 300 g/mol. The third kappa shape index (κ3) is 3.59. The van der Waals surface area contributed by atoms with Crippen molar-refractivity contribution in [3.05, 3.63) is 29.8 Å². The molecule has 9 nitrogen and oxygen atoms in total. The number of nitrogens with one attached hydrogen (secondary N) is 5. The van der Waals surface area contributed by atoms with Gasteiger partial charge < -0.3 is 15.7 Å². The Morgan fingerprint density at radius 2 is 2.04 bits per heavy atom. The Balaban J connectivity index is 1.53. The molecule has 2 aliphatic heterocycles. The first-order valence-electron chi connectivity index (χ1n) is 7.41. The Kier molecular flexibility index (Phi) is 4.44. The van der Waals surface area contributed by atoms with Crippen molar-refractivity contribution in [2.24, 2.45) is 5.73 Å². The van der Waals surface area contributed by atoms with Gasteiger partial charge in [-0.1, -0.05) is 0 Å². The highest BCUT2D eigenvalue weighted by atomic mass is 16.4. The first-order valence-corrected chi connectivity index (χ1v) is 7.41. The van der Waals surface area contributed by atoms with Gasteiger partial charge >= 0.3 is 5.97 Å². The SMILES string of the molecule is NC1NC(=O)C2NC(CNc3ccc(C(=O)O)cc3)CNC2N1. The minimum atomic E-state index is -0.949. The summed E-state index contributed by atoms with van der Waals surface area (Å²) in [6.45, 7) is 1.27. The molecule has 3 rings (SSSR count). The fraction of sp³-hybridized carbons (Fsp3) is 0.429. The number of carbonyl (C=O) groups is 2. The molecule has 0 radical (unpaired) electrons. The van der Waals surface area contributed by atoms with E-state index in [0.29, 0.717) is 13.1 Å². The second-order valence-corrected chi connectivity index (χ2v) is 5.64. The van der Waals surface area contributed by atoms with Crippen LogP contribution in [0.3, 0.4) is 0 Å². The number of rotatable bonds is 4. The second-order valence-electron chi connectivity index (χ2n) is 5.64. The number of piperazine rings is 1. The molecule has 2 fully saturated rings. The number of hydrogen-bond acceptors (Lipinski definition) is 7. The average Bonchev–Trinajstić information content (AvgIpc) is 2.53. The third-order valence-corrected chi connectivity index (χ3v) is 3.96. The van der Waals surface area contributed by atoms with Crippen molar-refractivity contribution in [2.45, 2.75) is 24.5 Å². The Labute approximate surface area is 133 Å². The van der Waals surface area contributed by atoms with Gasteiger partial charge in [0.2, 0.25) is 5.91 Å². The summed E-state index contributed by atoms with van der Waals surface area (Å²) < 4.78 is 0. The van der Waals surface area contributed by atoms with E-state index < -0.39 is 12.3 Å². The first-order chi connectivity index (χ1) is 11.0. The number of amides is 1. The molecule has 124 valence electrons. The molecule has 2 saturated heterocycles. The van der Waals surface area contributed by atoms with E-state index in [4.69, 9.17) is 10.8 Å². The van der Waals surface area contributed by atoms with E-state index in [1.165, 1.54) is 0 Å². The van der Waals surface area contributed by atoms with Gasteiger partial charge in [0.05, 0.1) is 11.7 Å². The first kappa shape index (κ1) is 15.7. The van der Waals surface area contributed by atoms with Crippen LogP contribution in [0.4, 0.5) is 5.69 Å². The van der Waals surface area contributed by atoms with Crippen LogP contribution in [-0.2, 0) is 4.79 Å². The normalized spacial score (nSPS) is 30.2. The summed E-state index contributed by atoms with van der Waals surface area (Å²) in [5.41, 5.74) is 6.74. The number of anilines is 1. The van der Waals surface area contributed by atoms with Gasteiger partial charge in [0, 0.05) is 24.8 Å². The lowest BCUT2D eigenvalue weighted by Crippen LogP contribution is -2.78. The Morgan fingerprint density at radius 3 is 2.74 bits per heavy atom. The summed E-state index contributed by atoms with van der Waals surface area (Å²) in [5.74, 6) is -1.08. The number of hydrogen-bond donors (Lipinski definition) is 7. The highest BCUT2D eigenvalue weighted by Gasteiger charge is 2.38. The van der Waals surface area contributed by atoms with Crippen molar-refractivity contribution in [1.82, 2.24) is 21.3 Å². The van der Waals surface area contributed by atoms with Gasteiger partial charge in [0.25, 0.3) is 0 Å². The summed E-state index contributed by atoms with van der Waals surface area (Å²) in [4.78, 5) is 22.8. The van der Waals surface area contributed by atoms with E-state index >= 15 is 0 Å². The van der Waals surface area contributed by atoms with E-state index in [1.54, 1.807) is 24.3 Å². The number of carbonyl (C=O) groups excluding carboxylic acids is 1. The van der Waals surface area contributed by atoms with Crippen LogP contribution in [0.1, 0.15) is 10.4 Å². The zero-order valence-electron chi connectivity index (χ0n) is 12.4. The summed E-state index contributed by atoms with van der Waals surface area (Å²) in [6.07, 6.45) is -0.731. The minimum Gasteiger partial charge on any atom is -0.478 e. The molecule has 1 amide bonds. The summed E-state index contributed by atoms with van der Waals surface area (Å²) in [6, 6.07) is 6.20. The zero-order chi connectivity index (χ0) is 16.4. The predicted octanol–water partition coefficient (Wildman–Crippen LogP) is -1.99. The quantitative estimate of drug-likeness (QED) is 0.338. The molecule has 1 aromatic carbocycles. The molecule has 4 atom stereocenters. The number of carboxylic acid groups (broad SMARTS) is 1. The van der Waals surface area contributed by atoms with E-state index in [9.17, 15) is 9.59 Å². The second kappa shape index (κ2) is 6.50. The van der Waals surface area contributed by atoms with E-state index in [1.807, 2.05) is 0 Å². The number of benzene rings is 1. The Hall–Kier alpha value is -2.20. The lowest BCUT2D eigenvalue weighted by Gasteiger charge is -2.42. The molecular formula is C14H20N6O3. The van der Waals surface area contributed by atoms with Crippen molar-refractivity contribution in [3.8, 4) is 0 Å². The topological polar surface area (TPSA) is 141 Å². The fourth-order valence-corrected chi connectivity index (χ4v) is 2.76. The maximum absolute atomic E-state index is 12.0. The number of aromatic carboxylic acids is 1. The van der Waals surface area contributed by atoms with Crippen molar-refractivity contribution in [1.29, 1.82) is 0 Å². The molecule has 9 heteroatoms. The smallest absolute Gasteiger partial charge is 0.335 e. The van der Waals surface area contributed by atoms with Gasteiger partial charge in [0.15, 0.2) is 0 Å². The molecule has 1 aromatic rings. The van der Waals surface area contributed by atoms with E-state index in [0.717, 1.165) is 5.69 Å². The van der Waals surface area contributed by atoms with Gasteiger partial charge in [-0.25, -0.2) is 4.79 Å². The van der Waals surface area contributed by atoms with Crippen LogP contribution >= 0.6 is 0 Å². The minimum absolute atomic E-state index is 0.0530.